The van der Waals surface area contributed by atoms with Crippen LogP contribution in [0, 0.1) is 0 Å². The van der Waals surface area contributed by atoms with E-state index in [-0.39, 0.29) is 5.75 Å². The van der Waals surface area contributed by atoms with Crippen LogP contribution in [0.1, 0.15) is 20.3 Å². The highest BCUT2D eigenvalue weighted by Crippen LogP contribution is 2.01. The minimum atomic E-state index is -1.65. The average Bonchev–Trinajstić information content (AvgIpc) is 2.54. The lowest BCUT2D eigenvalue weighted by atomic mass is 10.1. The van der Waals surface area contributed by atoms with Crippen LogP contribution in [-0.4, -0.2) is 81.0 Å². The highest BCUT2D eigenvalue weighted by atomic mass is 32.1. The zero-order valence-corrected chi connectivity index (χ0v) is 15.6. The average molecular weight is 408 g/mol. The molecular formula is C14H24N4O8S. The number of carboxylic acids is 2. The molecule has 0 aliphatic heterocycles. The molecule has 0 fully saturated rings. The molecule has 0 aromatic carbocycles. The molecule has 3 amide bonds. The fourth-order valence-corrected chi connectivity index (χ4v) is 2.04. The Morgan fingerprint density at radius 3 is 1.81 bits per heavy atom. The van der Waals surface area contributed by atoms with Crippen molar-refractivity contribution in [2.24, 2.45) is 5.73 Å². The van der Waals surface area contributed by atoms with E-state index < -0.39 is 66.4 Å². The van der Waals surface area contributed by atoms with Gasteiger partial charge in [0.15, 0.2) is 0 Å². The Morgan fingerprint density at radius 2 is 1.44 bits per heavy atom. The minimum absolute atomic E-state index is 0.268. The van der Waals surface area contributed by atoms with Crippen molar-refractivity contribution in [1.29, 1.82) is 0 Å². The van der Waals surface area contributed by atoms with Gasteiger partial charge in [0.2, 0.25) is 17.7 Å². The van der Waals surface area contributed by atoms with Gasteiger partial charge in [-0.05, 0) is 13.8 Å². The number of aliphatic hydroxyl groups is 1. The van der Waals surface area contributed by atoms with Crippen molar-refractivity contribution in [3.05, 3.63) is 0 Å². The van der Waals surface area contributed by atoms with Crippen molar-refractivity contribution in [1.82, 2.24) is 16.0 Å². The van der Waals surface area contributed by atoms with Gasteiger partial charge in [0, 0.05) is 5.75 Å². The molecule has 0 spiro atoms. The third-order valence-electron chi connectivity index (χ3n) is 3.29. The van der Waals surface area contributed by atoms with Crippen LogP contribution >= 0.6 is 12.6 Å². The second-order valence-electron chi connectivity index (χ2n) is 5.76. The highest BCUT2D eigenvalue weighted by molar-refractivity contribution is 7.80. The van der Waals surface area contributed by atoms with Gasteiger partial charge >= 0.3 is 11.9 Å². The minimum Gasteiger partial charge on any atom is -0.481 e. The van der Waals surface area contributed by atoms with Gasteiger partial charge in [0.25, 0.3) is 0 Å². The van der Waals surface area contributed by atoms with Gasteiger partial charge in [-0.2, -0.15) is 12.6 Å². The Morgan fingerprint density at radius 1 is 0.926 bits per heavy atom. The van der Waals surface area contributed by atoms with Crippen LogP contribution in [0.2, 0.25) is 0 Å². The van der Waals surface area contributed by atoms with E-state index in [1.807, 2.05) is 5.32 Å². The molecule has 0 aliphatic rings. The predicted molar refractivity (Wildman–Crippen MR) is 94.9 cm³/mol. The first kappa shape index (κ1) is 24.6. The fourth-order valence-electron chi connectivity index (χ4n) is 1.79. The van der Waals surface area contributed by atoms with E-state index >= 15 is 0 Å². The summed E-state index contributed by atoms with van der Waals surface area (Å²) < 4.78 is 0. The lowest BCUT2D eigenvalue weighted by Gasteiger charge is -2.25. The zero-order chi connectivity index (χ0) is 21.3. The predicted octanol–water partition coefficient (Wildman–Crippen LogP) is -3.34. The molecule has 0 heterocycles. The smallest absolute Gasteiger partial charge is 0.327 e. The summed E-state index contributed by atoms with van der Waals surface area (Å²) in [5, 5.41) is 33.8. The van der Waals surface area contributed by atoms with Crippen LogP contribution in [0.4, 0.5) is 0 Å². The molecule has 0 aromatic rings. The molecule has 8 N–H and O–H groups in total. The van der Waals surface area contributed by atoms with Crippen molar-refractivity contribution in [3.63, 3.8) is 0 Å². The topological polar surface area (TPSA) is 208 Å². The number of aliphatic carboxylic acids is 2. The second-order valence-corrected chi connectivity index (χ2v) is 6.12. The van der Waals surface area contributed by atoms with Gasteiger partial charge in [-0.1, -0.05) is 0 Å². The van der Waals surface area contributed by atoms with Crippen LogP contribution < -0.4 is 21.7 Å². The Bertz CT molecular complexity index is 583. The molecule has 0 saturated carbocycles. The van der Waals surface area contributed by atoms with E-state index in [0.717, 1.165) is 0 Å². The molecule has 0 aromatic heterocycles. The summed E-state index contributed by atoms with van der Waals surface area (Å²) in [6, 6.07) is -5.54. The largest absolute Gasteiger partial charge is 0.481 e. The molecule has 27 heavy (non-hydrogen) atoms. The molecule has 0 aliphatic carbocycles. The van der Waals surface area contributed by atoms with Crippen molar-refractivity contribution in [2.45, 2.75) is 50.5 Å². The lowest BCUT2D eigenvalue weighted by Crippen LogP contribution is -2.60. The van der Waals surface area contributed by atoms with Crippen LogP contribution in [0.25, 0.3) is 0 Å². The molecule has 13 heteroatoms. The van der Waals surface area contributed by atoms with Crippen molar-refractivity contribution >= 4 is 42.3 Å². The Hall–Kier alpha value is -2.38. The fraction of sp³-hybridized carbons (Fsp3) is 0.643. The third-order valence-corrected chi connectivity index (χ3v) is 3.65. The number of amides is 3. The maximum Gasteiger partial charge on any atom is 0.327 e. The highest BCUT2D eigenvalue weighted by Gasteiger charge is 2.32. The van der Waals surface area contributed by atoms with Gasteiger partial charge in [-0.3, -0.25) is 19.2 Å². The number of carbonyl (C=O) groups excluding carboxylic acids is 3. The normalized spacial score (nSPS) is 16.2. The number of nitrogens with one attached hydrogen (secondary N) is 3. The van der Waals surface area contributed by atoms with E-state index in [4.69, 9.17) is 15.9 Å². The quantitative estimate of drug-likeness (QED) is 0.160. The van der Waals surface area contributed by atoms with Crippen LogP contribution in [0.3, 0.4) is 0 Å². The van der Waals surface area contributed by atoms with Gasteiger partial charge < -0.3 is 37.0 Å². The zero-order valence-electron chi connectivity index (χ0n) is 14.7. The number of hydrogen-bond acceptors (Lipinski definition) is 8. The maximum atomic E-state index is 12.3. The summed E-state index contributed by atoms with van der Waals surface area (Å²) in [6.07, 6.45) is -2.24. The molecule has 0 saturated heterocycles. The first-order valence-electron chi connectivity index (χ1n) is 7.80. The first-order valence-corrected chi connectivity index (χ1v) is 8.44. The van der Waals surface area contributed by atoms with E-state index in [9.17, 15) is 29.1 Å². The van der Waals surface area contributed by atoms with E-state index in [1.165, 1.54) is 13.8 Å². The summed E-state index contributed by atoms with van der Waals surface area (Å²) >= 11 is 3.76. The molecule has 154 valence electrons. The molecule has 5 atom stereocenters. The lowest BCUT2D eigenvalue weighted by molar-refractivity contribution is -0.143. The summed E-state index contributed by atoms with van der Waals surface area (Å²) in [5.74, 6) is -5.98. The Balaban J connectivity index is 5.31. The van der Waals surface area contributed by atoms with Crippen molar-refractivity contribution in [3.8, 4) is 0 Å². The summed E-state index contributed by atoms with van der Waals surface area (Å²) in [7, 11) is 0. The van der Waals surface area contributed by atoms with Crippen LogP contribution in [0.15, 0.2) is 0 Å². The molecule has 0 radical (unpaired) electrons. The molecule has 0 rings (SSSR count). The summed E-state index contributed by atoms with van der Waals surface area (Å²) in [5.41, 5.74) is 5.37. The molecule has 5 unspecified atom stereocenters. The van der Waals surface area contributed by atoms with Gasteiger partial charge in [-0.15, -0.1) is 0 Å². The van der Waals surface area contributed by atoms with Crippen molar-refractivity contribution < 1.29 is 39.3 Å². The SMILES string of the molecule is CC(N)C(=O)NC(C(=O)NC(CC(=O)O)C(=O)NC(CS)C(=O)O)C(C)O. The second kappa shape index (κ2) is 11.4. The van der Waals surface area contributed by atoms with Gasteiger partial charge in [0.1, 0.15) is 18.1 Å². The number of nitrogens with two attached hydrogens (primary N) is 1. The number of thiol groups is 1. The standard InChI is InChI=1S/C14H24N4O8S/c1-5(15)11(22)18-10(6(2)19)13(24)16-7(3-9(20)21)12(23)17-8(4-27)14(25)26/h5-8,10,19,27H,3-4,15H2,1-2H3,(H,16,24)(H,17,23)(H,18,22)(H,20,21)(H,25,26). The summed E-state index contributed by atoms with van der Waals surface area (Å²) in [6.45, 7) is 2.54. The molecule has 0 bridgehead atoms. The summed E-state index contributed by atoms with van der Waals surface area (Å²) in [4.78, 5) is 58.0. The Kier molecular flexibility index (Phi) is 10.4. The van der Waals surface area contributed by atoms with Gasteiger partial charge in [-0.25, -0.2) is 4.79 Å². The van der Waals surface area contributed by atoms with Crippen LogP contribution in [-0.2, 0) is 24.0 Å². The van der Waals surface area contributed by atoms with E-state index in [0.29, 0.717) is 0 Å². The molecule has 12 nitrogen and oxygen atoms in total. The van der Waals surface area contributed by atoms with Crippen molar-refractivity contribution in [2.75, 3.05) is 5.75 Å². The number of hydrogen-bond donors (Lipinski definition) is 8. The number of rotatable bonds is 11. The maximum absolute atomic E-state index is 12.3. The van der Waals surface area contributed by atoms with E-state index in [1.54, 1.807) is 0 Å². The molecular weight excluding hydrogens is 384 g/mol. The number of carboxylic acid groups (broad SMARTS) is 2. The monoisotopic (exact) mass is 408 g/mol. The van der Waals surface area contributed by atoms with Gasteiger partial charge in [0.05, 0.1) is 18.6 Å². The number of aliphatic hydroxyl groups excluding tert-OH is 1. The first-order chi connectivity index (χ1) is 12.4. The Labute approximate surface area is 160 Å². The number of carbonyl (C=O) groups is 5. The van der Waals surface area contributed by atoms with Crippen LogP contribution in [0.5, 0.6) is 0 Å². The third kappa shape index (κ3) is 8.70. The van der Waals surface area contributed by atoms with E-state index in [2.05, 4.69) is 23.3 Å².